The minimum Gasteiger partial charge on any atom is -0.392 e. The van der Waals surface area contributed by atoms with Crippen molar-refractivity contribution in [3.8, 4) is 11.3 Å². The van der Waals surface area contributed by atoms with E-state index in [1.165, 1.54) is 27.3 Å². The molecule has 0 fully saturated rings. The highest BCUT2D eigenvalue weighted by Gasteiger charge is 2.17. The zero-order chi connectivity index (χ0) is 19.6. The van der Waals surface area contributed by atoms with Gasteiger partial charge in [0.25, 0.3) is 11.5 Å². The third kappa shape index (κ3) is 3.80. The second-order valence-electron chi connectivity index (χ2n) is 6.14. The molecule has 2 N–H and O–H groups in total. The predicted octanol–water partition coefficient (Wildman–Crippen LogP) is 1.60. The molecule has 2 heterocycles. The molecule has 0 saturated carbocycles. The second-order valence-corrected chi connectivity index (χ2v) is 6.14. The topological polar surface area (TPSA) is 88.6 Å². The van der Waals surface area contributed by atoms with Crippen LogP contribution in [0.3, 0.4) is 0 Å². The van der Waals surface area contributed by atoms with Crippen LogP contribution >= 0.6 is 0 Å². The van der Waals surface area contributed by atoms with E-state index >= 15 is 0 Å². The van der Waals surface area contributed by atoms with Gasteiger partial charge in [0.15, 0.2) is 0 Å². The molecule has 140 valence electrons. The Labute approximate surface area is 154 Å². The van der Waals surface area contributed by atoms with Gasteiger partial charge in [0.05, 0.1) is 11.8 Å². The number of rotatable bonds is 6. The summed E-state index contributed by atoms with van der Waals surface area (Å²) in [6.07, 6.45) is 3.98. The lowest BCUT2D eigenvalue weighted by molar-refractivity contribution is 0.0919. The normalized spacial score (nSPS) is 12.1. The number of benzene rings is 1. The summed E-state index contributed by atoms with van der Waals surface area (Å²) in [4.78, 5) is 29.2. The van der Waals surface area contributed by atoms with Crippen molar-refractivity contribution in [2.24, 2.45) is 0 Å². The number of aliphatic hydroxyl groups excluding tert-OH is 1. The van der Waals surface area contributed by atoms with Crippen LogP contribution in [0.1, 0.15) is 17.4 Å². The van der Waals surface area contributed by atoms with Gasteiger partial charge in [-0.15, -0.1) is 6.58 Å². The van der Waals surface area contributed by atoms with Crippen LogP contribution in [0.15, 0.2) is 54.1 Å². The maximum Gasteiger partial charge on any atom is 0.295 e. The van der Waals surface area contributed by atoms with Crippen molar-refractivity contribution in [3.05, 3.63) is 71.2 Å². The minimum absolute atomic E-state index is 0.0640. The summed E-state index contributed by atoms with van der Waals surface area (Å²) < 4.78 is 16.2. The molecule has 1 atom stereocenters. The van der Waals surface area contributed by atoms with Crippen molar-refractivity contribution in [2.45, 2.75) is 19.6 Å². The van der Waals surface area contributed by atoms with Gasteiger partial charge in [-0.25, -0.2) is 9.37 Å². The van der Waals surface area contributed by atoms with Crippen LogP contribution in [0.2, 0.25) is 0 Å². The molecule has 0 unspecified atom stereocenters. The number of fused-ring (bicyclic) bond motifs is 1. The van der Waals surface area contributed by atoms with Gasteiger partial charge in [-0.05, 0) is 36.8 Å². The van der Waals surface area contributed by atoms with Crippen LogP contribution in [-0.2, 0) is 6.54 Å². The van der Waals surface area contributed by atoms with E-state index < -0.39 is 17.6 Å². The lowest BCUT2D eigenvalue weighted by Crippen LogP contribution is -2.30. The molecule has 2 aromatic heterocycles. The number of carbonyl (C=O) groups excluding carboxylic acids is 1. The van der Waals surface area contributed by atoms with Crippen LogP contribution in [0, 0.1) is 5.82 Å². The number of hydrogen-bond acceptors (Lipinski definition) is 4. The smallest absolute Gasteiger partial charge is 0.295 e. The molecule has 0 aliphatic heterocycles. The summed E-state index contributed by atoms with van der Waals surface area (Å²) >= 11 is 0. The number of aromatic nitrogens is 3. The molecule has 0 aliphatic rings. The number of nitrogens with zero attached hydrogens (tertiary/aromatic N) is 3. The van der Waals surface area contributed by atoms with E-state index in [0.717, 1.165) is 0 Å². The zero-order valence-electron chi connectivity index (χ0n) is 14.7. The van der Waals surface area contributed by atoms with Crippen molar-refractivity contribution in [1.29, 1.82) is 0 Å². The molecule has 0 saturated heterocycles. The summed E-state index contributed by atoms with van der Waals surface area (Å²) in [6, 6.07) is 5.77. The Morgan fingerprint density at radius 2 is 2.07 bits per heavy atom. The zero-order valence-corrected chi connectivity index (χ0v) is 14.7. The van der Waals surface area contributed by atoms with Gasteiger partial charge in [0, 0.05) is 25.5 Å². The second kappa shape index (κ2) is 7.55. The van der Waals surface area contributed by atoms with E-state index in [9.17, 15) is 19.1 Å². The molecule has 3 aromatic rings. The van der Waals surface area contributed by atoms with Crippen LogP contribution in [0.4, 0.5) is 4.39 Å². The molecule has 0 bridgehead atoms. The Balaban J connectivity index is 2.12. The van der Waals surface area contributed by atoms with E-state index in [2.05, 4.69) is 16.9 Å². The first kappa shape index (κ1) is 18.5. The number of amides is 1. The number of carbonyl (C=O) groups is 1. The monoisotopic (exact) mass is 370 g/mol. The van der Waals surface area contributed by atoms with Crippen LogP contribution in [-0.4, -0.2) is 37.6 Å². The maximum atomic E-state index is 13.2. The fourth-order valence-electron chi connectivity index (χ4n) is 2.68. The van der Waals surface area contributed by atoms with Gasteiger partial charge in [-0.1, -0.05) is 6.08 Å². The fourth-order valence-corrected chi connectivity index (χ4v) is 2.68. The molecule has 1 amide bonds. The SMILES string of the molecule is C=CCn1c(-c2ccc(F)cc2)cn2cc(C(=O)NC[C@@H](C)O)nc2c1=O. The molecular weight excluding hydrogens is 351 g/mol. The molecule has 27 heavy (non-hydrogen) atoms. The predicted molar refractivity (Wildman–Crippen MR) is 99.1 cm³/mol. The molecule has 1 aromatic carbocycles. The van der Waals surface area contributed by atoms with Crippen molar-refractivity contribution >= 4 is 11.6 Å². The largest absolute Gasteiger partial charge is 0.392 e. The number of imidazole rings is 1. The summed E-state index contributed by atoms with van der Waals surface area (Å²) in [7, 11) is 0. The van der Waals surface area contributed by atoms with E-state index in [1.807, 2.05) is 0 Å². The van der Waals surface area contributed by atoms with Crippen molar-refractivity contribution in [2.75, 3.05) is 6.54 Å². The third-order valence-corrected chi connectivity index (χ3v) is 3.96. The Hall–Kier alpha value is -3.26. The molecule has 0 spiro atoms. The van der Waals surface area contributed by atoms with Gasteiger partial charge >= 0.3 is 0 Å². The number of nitrogens with one attached hydrogen (secondary N) is 1. The van der Waals surface area contributed by atoms with Crippen LogP contribution < -0.4 is 10.9 Å². The average Bonchev–Trinajstić information content (AvgIpc) is 3.07. The van der Waals surface area contributed by atoms with Crippen molar-refractivity contribution in [1.82, 2.24) is 19.3 Å². The van der Waals surface area contributed by atoms with Gasteiger partial charge in [-0.2, -0.15) is 0 Å². The maximum absolute atomic E-state index is 13.2. The first-order chi connectivity index (χ1) is 12.9. The van der Waals surface area contributed by atoms with Gasteiger partial charge < -0.3 is 10.4 Å². The molecule has 7 nitrogen and oxygen atoms in total. The quantitative estimate of drug-likeness (QED) is 0.645. The highest BCUT2D eigenvalue weighted by atomic mass is 19.1. The molecule has 3 rings (SSSR count). The average molecular weight is 370 g/mol. The summed E-state index contributed by atoms with van der Waals surface area (Å²) in [5.41, 5.74) is 0.942. The van der Waals surface area contributed by atoms with E-state index in [0.29, 0.717) is 11.3 Å². The first-order valence-corrected chi connectivity index (χ1v) is 8.36. The van der Waals surface area contributed by atoms with Gasteiger partial charge in [0.2, 0.25) is 5.65 Å². The summed E-state index contributed by atoms with van der Waals surface area (Å²) in [6.45, 7) is 5.53. The Morgan fingerprint density at radius 3 is 2.70 bits per heavy atom. The number of aliphatic hydroxyl groups is 1. The highest BCUT2D eigenvalue weighted by Crippen LogP contribution is 2.19. The third-order valence-electron chi connectivity index (χ3n) is 3.96. The van der Waals surface area contributed by atoms with E-state index in [4.69, 9.17) is 0 Å². The Bertz CT molecular complexity index is 1050. The van der Waals surface area contributed by atoms with Crippen molar-refractivity contribution in [3.63, 3.8) is 0 Å². The summed E-state index contributed by atoms with van der Waals surface area (Å²) in [5.74, 6) is -0.866. The Kier molecular flexibility index (Phi) is 5.18. The lowest BCUT2D eigenvalue weighted by Gasteiger charge is -2.12. The number of allylic oxidation sites excluding steroid dienone is 1. The fraction of sp³-hybridized carbons (Fsp3) is 0.211. The number of halogens is 1. The lowest BCUT2D eigenvalue weighted by atomic mass is 10.1. The summed E-state index contributed by atoms with van der Waals surface area (Å²) in [5, 5.41) is 11.8. The minimum atomic E-state index is -0.694. The van der Waals surface area contributed by atoms with E-state index in [-0.39, 0.29) is 30.2 Å². The van der Waals surface area contributed by atoms with Gasteiger partial charge in [0.1, 0.15) is 11.5 Å². The molecule has 8 heteroatoms. The Morgan fingerprint density at radius 1 is 1.37 bits per heavy atom. The molecule has 0 radical (unpaired) electrons. The van der Waals surface area contributed by atoms with E-state index in [1.54, 1.807) is 31.3 Å². The first-order valence-electron chi connectivity index (χ1n) is 8.36. The number of hydrogen-bond donors (Lipinski definition) is 2. The van der Waals surface area contributed by atoms with Gasteiger partial charge in [-0.3, -0.25) is 18.6 Å². The molecule has 0 aliphatic carbocycles. The standard InChI is InChI=1S/C19H19FN4O3/c1-3-8-24-16(13-4-6-14(20)7-5-13)11-23-10-15(22-17(23)19(24)27)18(26)21-9-12(2)25/h3-7,10-12,25H,1,8-9H2,2H3,(H,21,26)/t12-/m1/s1. The van der Waals surface area contributed by atoms with Crippen LogP contribution in [0.25, 0.3) is 16.9 Å². The van der Waals surface area contributed by atoms with Crippen molar-refractivity contribution < 1.29 is 14.3 Å². The highest BCUT2D eigenvalue weighted by molar-refractivity contribution is 5.92. The van der Waals surface area contributed by atoms with Crippen LogP contribution in [0.5, 0.6) is 0 Å². The molecular formula is C19H19FN4O3.